The fourth-order valence-corrected chi connectivity index (χ4v) is 0.899. The molecule has 14 heavy (non-hydrogen) atoms. The first-order valence-corrected chi connectivity index (χ1v) is 3.52. The third kappa shape index (κ3) is 1.93. The van der Waals surface area contributed by atoms with Crippen molar-refractivity contribution in [1.82, 2.24) is 4.98 Å². The van der Waals surface area contributed by atoms with Gasteiger partial charge in [0.1, 0.15) is 5.69 Å². The van der Waals surface area contributed by atoms with Crippen molar-refractivity contribution in [2.24, 2.45) is 16.7 Å². The standard InChI is InChI=1S/C7H7F3N4/c8-7(9,10)4-2-1-3-13-5(4)6(11)14-12/h1-3H,12H2,(H2,11,14). The summed E-state index contributed by atoms with van der Waals surface area (Å²) in [5, 5.41) is 2.96. The number of hydrazone groups is 1. The molecule has 0 aromatic carbocycles. The zero-order valence-corrected chi connectivity index (χ0v) is 6.92. The van der Waals surface area contributed by atoms with Crippen molar-refractivity contribution in [2.75, 3.05) is 0 Å². The molecule has 1 aromatic rings. The molecule has 76 valence electrons. The molecule has 0 amide bonds. The molecular formula is C7H7F3N4. The lowest BCUT2D eigenvalue weighted by atomic mass is 10.2. The van der Waals surface area contributed by atoms with E-state index in [2.05, 4.69) is 10.1 Å². The highest BCUT2D eigenvalue weighted by molar-refractivity contribution is 5.96. The number of halogens is 3. The Hall–Kier alpha value is -1.79. The molecule has 0 radical (unpaired) electrons. The zero-order chi connectivity index (χ0) is 10.8. The maximum atomic E-state index is 12.4. The van der Waals surface area contributed by atoms with Crippen molar-refractivity contribution in [1.29, 1.82) is 0 Å². The van der Waals surface area contributed by atoms with Gasteiger partial charge in [0.05, 0.1) is 5.56 Å². The quantitative estimate of drug-likeness (QED) is 0.305. The third-order valence-corrected chi connectivity index (χ3v) is 1.49. The summed E-state index contributed by atoms with van der Waals surface area (Å²) in [6.07, 6.45) is -3.33. The van der Waals surface area contributed by atoms with Crippen molar-refractivity contribution in [3.8, 4) is 0 Å². The van der Waals surface area contributed by atoms with E-state index in [-0.39, 0.29) is 0 Å². The van der Waals surface area contributed by atoms with Crippen molar-refractivity contribution in [3.05, 3.63) is 29.6 Å². The Labute approximate surface area is 77.4 Å². The van der Waals surface area contributed by atoms with E-state index >= 15 is 0 Å². The minimum atomic E-state index is -4.51. The second kappa shape index (κ2) is 3.52. The summed E-state index contributed by atoms with van der Waals surface area (Å²) in [5.74, 6) is 4.33. The predicted molar refractivity (Wildman–Crippen MR) is 44.2 cm³/mol. The van der Waals surface area contributed by atoms with Gasteiger partial charge in [-0.1, -0.05) is 0 Å². The molecule has 1 aromatic heterocycles. The Morgan fingerprint density at radius 1 is 1.43 bits per heavy atom. The number of hydrogen-bond donors (Lipinski definition) is 2. The summed E-state index contributed by atoms with van der Waals surface area (Å²) in [6.45, 7) is 0. The lowest BCUT2D eigenvalue weighted by molar-refractivity contribution is -0.137. The number of nitrogens with zero attached hydrogens (tertiary/aromatic N) is 2. The van der Waals surface area contributed by atoms with Crippen molar-refractivity contribution < 1.29 is 13.2 Å². The Bertz CT molecular complexity index is 358. The molecule has 1 heterocycles. The molecule has 0 aliphatic heterocycles. The molecule has 0 spiro atoms. The van der Waals surface area contributed by atoms with E-state index in [9.17, 15) is 13.2 Å². The third-order valence-electron chi connectivity index (χ3n) is 1.49. The van der Waals surface area contributed by atoms with Gasteiger partial charge in [0.2, 0.25) is 0 Å². The van der Waals surface area contributed by atoms with E-state index in [4.69, 9.17) is 11.6 Å². The van der Waals surface area contributed by atoms with Gasteiger partial charge >= 0.3 is 6.18 Å². The van der Waals surface area contributed by atoms with Gasteiger partial charge in [-0.25, -0.2) is 0 Å². The molecule has 7 heteroatoms. The smallest absolute Gasteiger partial charge is 0.380 e. The molecule has 0 saturated heterocycles. The number of amidine groups is 1. The van der Waals surface area contributed by atoms with Crippen LogP contribution in [0, 0.1) is 0 Å². The molecule has 0 bridgehead atoms. The number of aromatic nitrogens is 1. The number of hydrogen-bond acceptors (Lipinski definition) is 3. The molecule has 0 unspecified atom stereocenters. The Morgan fingerprint density at radius 3 is 2.57 bits per heavy atom. The van der Waals surface area contributed by atoms with E-state index in [1.165, 1.54) is 6.20 Å². The highest BCUT2D eigenvalue weighted by Gasteiger charge is 2.34. The van der Waals surface area contributed by atoms with Crippen LogP contribution in [-0.2, 0) is 6.18 Å². The van der Waals surface area contributed by atoms with E-state index in [0.717, 1.165) is 12.1 Å². The SMILES string of the molecule is N/N=C(/N)c1ncccc1C(F)(F)F. The van der Waals surface area contributed by atoms with Crippen LogP contribution >= 0.6 is 0 Å². The number of alkyl halides is 3. The molecule has 4 nitrogen and oxygen atoms in total. The molecule has 0 saturated carbocycles. The lowest BCUT2D eigenvalue weighted by Crippen LogP contribution is -2.22. The summed E-state index contributed by atoms with van der Waals surface area (Å²) >= 11 is 0. The molecule has 0 aliphatic rings. The number of rotatable bonds is 1. The fraction of sp³-hybridized carbons (Fsp3) is 0.143. The van der Waals surface area contributed by atoms with Gasteiger partial charge in [-0.15, -0.1) is 0 Å². The summed E-state index contributed by atoms with van der Waals surface area (Å²) in [7, 11) is 0. The highest BCUT2D eigenvalue weighted by Crippen LogP contribution is 2.30. The van der Waals surface area contributed by atoms with Crippen LogP contribution in [0.4, 0.5) is 13.2 Å². The monoisotopic (exact) mass is 204 g/mol. The first-order chi connectivity index (χ1) is 6.46. The van der Waals surface area contributed by atoms with Crippen molar-refractivity contribution >= 4 is 5.84 Å². The average molecular weight is 204 g/mol. The Balaban J connectivity index is 3.31. The first-order valence-electron chi connectivity index (χ1n) is 3.52. The molecule has 1 rings (SSSR count). The van der Waals surface area contributed by atoms with Crippen molar-refractivity contribution in [3.63, 3.8) is 0 Å². The minimum Gasteiger partial charge on any atom is -0.380 e. The fourth-order valence-electron chi connectivity index (χ4n) is 0.899. The second-order valence-corrected chi connectivity index (χ2v) is 2.41. The highest BCUT2D eigenvalue weighted by atomic mass is 19.4. The van der Waals surface area contributed by atoms with Gasteiger partial charge in [0.15, 0.2) is 5.84 Å². The molecule has 4 N–H and O–H groups in total. The van der Waals surface area contributed by atoms with Crippen LogP contribution in [0.25, 0.3) is 0 Å². The van der Waals surface area contributed by atoms with E-state index in [1.807, 2.05) is 0 Å². The van der Waals surface area contributed by atoms with Gasteiger partial charge in [-0.3, -0.25) is 4.98 Å². The largest absolute Gasteiger partial charge is 0.418 e. The van der Waals surface area contributed by atoms with Gasteiger partial charge in [-0.05, 0) is 12.1 Å². The minimum absolute atomic E-state index is 0.446. The van der Waals surface area contributed by atoms with Crippen LogP contribution in [0.1, 0.15) is 11.3 Å². The molecule has 0 aliphatic carbocycles. The zero-order valence-electron chi connectivity index (χ0n) is 6.92. The second-order valence-electron chi connectivity index (χ2n) is 2.41. The van der Waals surface area contributed by atoms with Gasteiger partial charge in [0.25, 0.3) is 0 Å². The summed E-state index contributed by atoms with van der Waals surface area (Å²) in [5.41, 5.74) is 3.75. The first kappa shape index (κ1) is 10.3. The Morgan fingerprint density at radius 2 is 2.07 bits per heavy atom. The summed E-state index contributed by atoms with van der Waals surface area (Å²) in [4.78, 5) is 3.46. The van der Waals surface area contributed by atoms with Gasteiger partial charge in [0, 0.05) is 6.20 Å². The predicted octanol–water partition coefficient (Wildman–Crippen LogP) is 0.679. The van der Waals surface area contributed by atoms with Crippen LogP contribution in [0.5, 0.6) is 0 Å². The molecular weight excluding hydrogens is 197 g/mol. The summed E-state index contributed by atoms with van der Waals surface area (Å²) < 4.78 is 37.1. The normalized spacial score (nSPS) is 12.9. The maximum Gasteiger partial charge on any atom is 0.418 e. The lowest BCUT2D eigenvalue weighted by Gasteiger charge is -2.09. The van der Waals surface area contributed by atoms with Crippen LogP contribution in [0.15, 0.2) is 23.4 Å². The van der Waals surface area contributed by atoms with Crippen LogP contribution < -0.4 is 11.6 Å². The maximum absolute atomic E-state index is 12.4. The van der Waals surface area contributed by atoms with Crippen LogP contribution in [-0.4, -0.2) is 10.8 Å². The number of pyridine rings is 1. The van der Waals surface area contributed by atoms with E-state index in [1.54, 1.807) is 0 Å². The summed E-state index contributed by atoms with van der Waals surface area (Å²) in [6, 6.07) is 2.02. The average Bonchev–Trinajstić information content (AvgIpc) is 2.15. The van der Waals surface area contributed by atoms with E-state index < -0.39 is 23.3 Å². The van der Waals surface area contributed by atoms with Crippen molar-refractivity contribution in [2.45, 2.75) is 6.18 Å². The molecule has 0 atom stereocenters. The van der Waals surface area contributed by atoms with E-state index in [0.29, 0.717) is 0 Å². The number of nitrogens with two attached hydrogens (primary N) is 2. The van der Waals surface area contributed by atoms with Gasteiger partial charge < -0.3 is 11.6 Å². The molecule has 0 fully saturated rings. The van der Waals surface area contributed by atoms with Gasteiger partial charge in [-0.2, -0.15) is 18.3 Å². The topological polar surface area (TPSA) is 77.3 Å². The van der Waals surface area contributed by atoms with Crippen LogP contribution in [0.2, 0.25) is 0 Å². The Kier molecular flexibility index (Phi) is 2.59. The van der Waals surface area contributed by atoms with Crippen LogP contribution in [0.3, 0.4) is 0 Å².